The zero-order chi connectivity index (χ0) is 11.4. The number of halogens is 1. The van der Waals surface area contributed by atoms with Crippen LogP contribution in [0, 0.1) is 0 Å². The first-order valence-corrected chi connectivity index (χ1v) is 6.09. The smallest absolute Gasteiger partial charge is 0.106 e. The minimum atomic E-state index is 0.703. The number of benzene rings is 1. The van der Waals surface area contributed by atoms with Crippen molar-refractivity contribution in [2.24, 2.45) is 5.73 Å². The largest absolute Gasteiger partial charge is 0.342 e. The summed E-state index contributed by atoms with van der Waals surface area (Å²) < 4.78 is 1.08. The second kappa shape index (κ2) is 5.27. The second-order valence-electron chi connectivity index (χ2n) is 3.64. The molecular weight excluding hydrogens is 266 g/mol. The number of nitrogens with zero attached hydrogens (tertiary/aromatic N) is 1. The molecule has 0 aliphatic rings. The molecule has 4 heteroatoms. The summed E-state index contributed by atoms with van der Waals surface area (Å²) in [6.07, 6.45) is 3.75. The molecule has 1 aromatic carbocycles. The van der Waals surface area contributed by atoms with Crippen LogP contribution < -0.4 is 5.73 Å². The van der Waals surface area contributed by atoms with Gasteiger partial charge >= 0.3 is 0 Å². The predicted molar refractivity (Wildman–Crippen MR) is 69.1 cm³/mol. The topological polar surface area (TPSA) is 54.7 Å². The molecule has 16 heavy (non-hydrogen) atoms. The van der Waals surface area contributed by atoms with E-state index in [0.29, 0.717) is 6.54 Å². The summed E-state index contributed by atoms with van der Waals surface area (Å²) in [5.74, 6) is 1.00. The highest BCUT2D eigenvalue weighted by Crippen LogP contribution is 2.20. The number of aryl methyl sites for hydroxylation is 1. The summed E-state index contributed by atoms with van der Waals surface area (Å²) >= 11 is 3.42. The Morgan fingerprint density at radius 1 is 1.25 bits per heavy atom. The highest BCUT2D eigenvalue weighted by atomic mass is 79.9. The van der Waals surface area contributed by atoms with Crippen LogP contribution in [0.5, 0.6) is 0 Å². The van der Waals surface area contributed by atoms with Gasteiger partial charge in [-0.3, -0.25) is 0 Å². The van der Waals surface area contributed by atoms with Crippen LogP contribution in [-0.4, -0.2) is 16.5 Å². The minimum Gasteiger partial charge on any atom is -0.342 e. The van der Waals surface area contributed by atoms with Gasteiger partial charge in [0.2, 0.25) is 0 Å². The molecule has 0 radical (unpaired) electrons. The molecule has 0 atom stereocenters. The van der Waals surface area contributed by atoms with Crippen LogP contribution in [0.15, 0.2) is 34.9 Å². The van der Waals surface area contributed by atoms with Crippen molar-refractivity contribution in [2.75, 3.05) is 6.54 Å². The van der Waals surface area contributed by atoms with Crippen molar-refractivity contribution >= 4 is 15.9 Å². The van der Waals surface area contributed by atoms with Crippen molar-refractivity contribution in [3.05, 3.63) is 40.8 Å². The molecule has 0 bridgehead atoms. The van der Waals surface area contributed by atoms with Crippen LogP contribution in [0.2, 0.25) is 0 Å². The van der Waals surface area contributed by atoms with Crippen LogP contribution in [0.25, 0.3) is 11.3 Å². The van der Waals surface area contributed by atoms with Gasteiger partial charge in [-0.1, -0.05) is 28.1 Å². The quantitative estimate of drug-likeness (QED) is 0.904. The van der Waals surface area contributed by atoms with Crippen LogP contribution in [0.3, 0.4) is 0 Å². The third-order valence-corrected chi connectivity index (χ3v) is 2.93. The number of imidazole rings is 1. The van der Waals surface area contributed by atoms with Gasteiger partial charge in [0.1, 0.15) is 5.82 Å². The van der Waals surface area contributed by atoms with Crippen molar-refractivity contribution in [2.45, 2.75) is 12.8 Å². The van der Waals surface area contributed by atoms with E-state index in [0.717, 1.165) is 34.4 Å². The Kier molecular flexibility index (Phi) is 3.74. The molecule has 0 aliphatic heterocycles. The summed E-state index contributed by atoms with van der Waals surface area (Å²) in [5.41, 5.74) is 7.67. The molecule has 0 aliphatic carbocycles. The van der Waals surface area contributed by atoms with Crippen LogP contribution in [-0.2, 0) is 6.42 Å². The lowest BCUT2D eigenvalue weighted by atomic mass is 10.2. The number of nitrogens with two attached hydrogens (primary N) is 1. The average Bonchev–Trinajstić information content (AvgIpc) is 2.76. The maximum atomic E-state index is 5.46. The van der Waals surface area contributed by atoms with E-state index in [9.17, 15) is 0 Å². The zero-order valence-corrected chi connectivity index (χ0v) is 10.5. The molecule has 0 fully saturated rings. The number of aromatic amines is 1. The second-order valence-corrected chi connectivity index (χ2v) is 4.56. The van der Waals surface area contributed by atoms with E-state index < -0.39 is 0 Å². The van der Waals surface area contributed by atoms with E-state index in [-0.39, 0.29) is 0 Å². The lowest BCUT2D eigenvalue weighted by Crippen LogP contribution is -2.01. The van der Waals surface area contributed by atoms with Crippen LogP contribution >= 0.6 is 15.9 Å². The fraction of sp³-hybridized carbons (Fsp3) is 0.250. The lowest BCUT2D eigenvalue weighted by molar-refractivity contribution is 0.794. The Morgan fingerprint density at radius 2 is 2.00 bits per heavy atom. The van der Waals surface area contributed by atoms with Gasteiger partial charge in [0.05, 0.1) is 11.9 Å². The third kappa shape index (κ3) is 2.71. The summed E-state index contributed by atoms with van der Waals surface area (Å²) in [4.78, 5) is 7.63. The molecule has 2 rings (SSSR count). The van der Waals surface area contributed by atoms with Gasteiger partial charge in [-0.05, 0) is 30.7 Å². The molecule has 0 spiro atoms. The Balaban J connectivity index is 2.15. The Labute approximate surface area is 103 Å². The molecule has 84 valence electrons. The van der Waals surface area contributed by atoms with Crippen LogP contribution in [0.1, 0.15) is 12.2 Å². The highest BCUT2D eigenvalue weighted by Gasteiger charge is 2.02. The van der Waals surface area contributed by atoms with Gasteiger partial charge in [0.15, 0.2) is 0 Å². The third-order valence-electron chi connectivity index (χ3n) is 2.40. The molecule has 3 N–H and O–H groups in total. The summed E-state index contributed by atoms with van der Waals surface area (Å²) in [7, 11) is 0. The SMILES string of the molecule is NCCCc1ncc(-c2ccc(Br)cc2)[nH]1. The number of H-pyrrole nitrogens is 1. The van der Waals surface area contributed by atoms with Gasteiger partial charge in [0, 0.05) is 10.9 Å². The van der Waals surface area contributed by atoms with Crippen molar-refractivity contribution in [1.29, 1.82) is 0 Å². The van der Waals surface area contributed by atoms with Crippen molar-refractivity contribution in [3.8, 4) is 11.3 Å². The standard InChI is InChI=1S/C12H14BrN3/c13-10-5-3-9(4-6-10)11-8-15-12(16-11)2-1-7-14/h3-6,8H,1-2,7,14H2,(H,15,16). The first-order valence-electron chi connectivity index (χ1n) is 5.29. The number of rotatable bonds is 4. The van der Waals surface area contributed by atoms with E-state index in [1.165, 1.54) is 0 Å². The van der Waals surface area contributed by atoms with Gasteiger partial charge in [-0.2, -0.15) is 0 Å². The number of hydrogen-bond acceptors (Lipinski definition) is 2. The number of hydrogen-bond donors (Lipinski definition) is 2. The molecule has 0 amide bonds. The first kappa shape index (κ1) is 11.4. The van der Waals surface area contributed by atoms with E-state index in [4.69, 9.17) is 5.73 Å². The Hall–Kier alpha value is -1.13. The number of aromatic nitrogens is 2. The normalized spacial score (nSPS) is 10.6. The summed E-state index contributed by atoms with van der Waals surface area (Å²) in [6, 6.07) is 8.17. The van der Waals surface area contributed by atoms with Crippen LogP contribution in [0.4, 0.5) is 0 Å². The predicted octanol–water partition coefficient (Wildman–Crippen LogP) is 2.73. The summed E-state index contributed by atoms with van der Waals surface area (Å²) in [5, 5.41) is 0. The lowest BCUT2D eigenvalue weighted by Gasteiger charge is -1.97. The maximum absolute atomic E-state index is 5.46. The fourth-order valence-electron chi connectivity index (χ4n) is 1.54. The zero-order valence-electron chi connectivity index (χ0n) is 8.91. The first-order chi connectivity index (χ1) is 7.79. The van der Waals surface area contributed by atoms with Crippen molar-refractivity contribution in [3.63, 3.8) is 0 Å². The average molecular weight is 280 g/mol. The van der Waals surface area contributed by atoms with E-state index >= 15 is 0 Å². The molecule has 1 heterocycles. The molecule has 0 unspecified atom stereocenters. The van der Waals surface area contributed by atoms with Gasteiger partial charge in [0.25, 0.3) is 0 Å². The molecule has 0 saturated heterocycles. The molecule has 2 aromatic rings. The highest BCUT2D eigenvalue weighted by molar-refractivity contribution is 9.10. The maximum Gasteiger partial charge on any atom is 0.106 e. The Morgan fingerprint density at radius 3 is 2.69 bits per heavy atom. The Bertz CT molecular complexity index is 448. The van der Waals surface area contributed by atoms with Gasteiger partial charge in [-0.25, -0.2) is 4.98 Å². The van der Waals surface area contributed by atoms with E-state index in [1.807, 2.05) is 18.3 Å². The molecular formula is C12H14BrN3. The van der Waals surface area contributed by atoms with E-state index in [2.05, 4.69) is 38.0 Å². The van der Waals surface area contributed by atoms with Crippen molar-refractivity contribution < 1.29 is 0 Å². The fourth-order valence-corrected chi connectivity index (χ4v) is 1.80. The minimum absolute atomic E-state index is 0.703. The molecule has 0 saturated carbocycles. The summed E-state index contributed by atoms with van der Waals surface area (Å²) in [6.45, 7) is 0.703. The van der Waals surface area contributed by atoms with E-state index in [1.54, 1.807) is 0 Å². The molecule has 1 aromatic heterocycles. The number of nitrogens with one attached hydrogen (secondary N) is 1. The van der Waals surface area contributed by atoms with Gasteiger partial charge < -0.3 is 10.7 Å². The van der Waals surface area contributed by atoms with Gasteiger partial charge in [-0.15, -0.1) is 0 Å². The van der Waals surface area contributed by atoms with Crippen molar-refractivity contribution in [1.82, 2.24) is 9.97 Å². The molecule has 3 nitrogen and oxygen atoms in total. The monoisotopic (exact) mass is 279 g/mol.